The fourth-order valence-corrected chi connectivity index (χ4v) is 2.54. The number of benzene rings is 1. The summed E-state index contributed by atoms with van der Waals surface area (Å²) in [5, 5.41) is 8.73. The van der Waals surface area contributed by atoms with Gasteiger partial charge in [0.15, 0.2) is 0 Å². The molecule has 1 aromatic rings. The summed E-state index contributed by atoms with van der Waals surface area (Å²) < 4.78 is 4.82. The minimum atomic E-state index is -0.297. The average Bonchev–Trinajstić information content (AvgIpc) is 2.47. The lowest BCUT2D eigenvalue weighted by atomic mass is 9.93. The molecule has 1 aliphatic heterocycles. The van der Waals surface area contributed by atoms with Gasteiger partial charge in [-0.2, -0.15) is 5.26 Å². The van der Waals surface area contributed by atoms with Crippen LogP contribution in [-0.4, -0.2) is 26.2 Å². The smallest absolute Gasteiger partial charge is 0.339 e. The second-order valence-electron chi connectivity index (χ2n) is 4.80. The first-order valence-corrected chi connectivity index (χ1v) is 6.55. The Morgan fingerprint density at radius 1 is 1.42 bits per heavy atom. The second-order valence-corrected chi connectivity index (χ2v) is 4.80. The lowest BCUT2D eigenvalue weighted by Crippen LogP contribution is -2.34. The molecule has 0 N–H and O–H groups in total. The van der Waals surface area contributed by atoms with E-state index in [1.165, 1.54) is 7.11 Å². The molecule has 4 heteroatoms. The van der Waals surface area contributed by atoms with Gasteiger partial charge in [-0.05, 0) is 30.9 Å². The largest absolute Gasteiger partial charge is 0.465 e. The molecule has 0 aromatic heterocycles. The molecule has 0 atom stereocenters. The van der Waals surface area contributed by atoms with E-state index in [4.69, 9.17) is 10.00 Å². The summed E-state index contributed by atoms with van der Waals surface area (Å²) >= 11 is 0. The maximum Gasteiger partial charge on any atom is 0.339 e. The number of para-hydroxylation sites is 1. The number of rotatable bonds is 3. The Morgan fingerprint density at radius 3 is 2.74 bits per heavy atom. The number of methoxy groups -OCH3 is 1. The molecule has 0 saturated carbocycles. The Hall–Kier alpha value is -2.02. The number of anilines is 1. The van der Waals surface area contributed by atoms with Gasteiger partial charge in [-0.1, -0.05) is 12.1 Å². The van der Waals surface area contributed by atoms with E-state index in [9.17, 15) is 4.79 Å². The number of nitrogens with zero attached hydrogens (tertiary/aromatic N) is 2. The van der Waals surface area contributed by atoms with Crippen LogP contribution in [0, 0.1) is 17.2 Å². The van der Waals surface area contributed by atoms with Crippen LogP contribution in [0.4, 0.5) is 5.69 Å². The Morgan fingerprint density at radius 2 is 2.11 bits per heavy atom. The standard InChI is InChI=1S/C15H18N2O2/c1-19-15(18)13-4-2-3-5-14(13)17-10-7-12(6-9-16)8-11-17/h2-5,12H,6-8,10-11H2,1H3. The Kier molecular flexibility index (Phi) is 4.40. The third-order valence-electron chi connectivity index (χ3n) is 3.64. The summed E-state index contributed by atoms with van der Waals surface area (Å²) in [6.45, 7) is 1.78. The van der Waals surface area contributed by atoms with Gasteiger partial charge in [0.1, 0.15) is 0 Å². The van der Waals surface area contributed by atoms with Crippen molar-refractivity contribution >= 4 is 11.7 Å². The lowest BCUT2D eigenvalue weighted by Gasteiger charge is -2.33. The van der Waals surface area contributed by atoms with Crippen molar-refractivity contribution in [2.75, 3.05) is 25.1 Å². The highest BCUT2D eigenvalue weighted by atomic mass is 16.5. The van der Waals surface area contributed by atoms with Gasteiger partial charge >= 0.3 is 5.97 Å². The predicted molar refractivity (Wildman–Crippen MR) is 72.9 cm³/mol. The Bertz CT molecular complexity index is 485. The Labute approximate surface area is 113 Å². The van der Waals surface area contributed by atoms with E-state index in [0.29, 0.717) is 17.9 Å². The van der Waals surface area contributed by atoms with Crippen molar-refractivity contribution in [3.63, 3.8) is 0 Å². The van der Waals surface area contributed by atoms with E-state index in [1.54, 1.807) is 6.07 Å². The van der Waals surface area contributed by atoms with E-state index in [1.807, 2.05) is 18.2 Å². The maximum atomic E-state index is 11.8. The first-order chi connectivity index (χ1) is 9.26. The number of carbonyl (C=O) groups is 1. The van der Waals surface area contributed by atoms with Crippen LogP contribution < -0.4 is 4.90 Å². The van der Waals surface area contributed by atoms with Crippen LogP contribution in [0.1, 0.15) is 29.6 Å². The normalized spacial score (nSPS) is 15.9. The zero-order chi connectivity index (χ0) is 13.7. The highest BCUT2D eigenvalue weighted by Crippen LogP contribution is 2.27. The number of piperidine rings is 1. The summed E-state index contributed by atoms with van der Waals surface area (Å²) in [6.07, 6.45) is 2.64. The summed E-state index contributed by atoms with van der Waals surface area (Å²) in [7, 11) is 1.40. The van der Waals surface area contributed by atoms with Crippen LogP contribution in [0.15, 0.2) is 24.3 Å². The van der Waals surface area contributed by atoms with Crippen LogP contribution in [0.3, 0.4) is 0 Å². The van der Waals surface area contributed by atoms with Gasteiger partial charge in [0, 0.05) is 19.5 Å². The lowest BCUT2D eigenvalue weighted by molar-refractivity contribution is 0.0601. The molecule has 1 fully saturated rings. The quantitative estimate of drug-likeness (QED) is 0.782. The molecular formula is C15H18N2O2. The van der Waals surface area contributed by atoms with E-state index >= 15 is 0 Å². The van der Waals surface area contributed by atoms with E-state index in [2.05, 4.69) is 11.0 Å². The number of hydrogen-bond acceptors (Lipinski definition) is 4. The zero-order valence-electron chi connectivity index (χ0n) is 11.1. The summed E-state index contributed by atoms with van der Waals surface area (Å²) in [5.41, 5.74) is 1.55. The number of ether oxygens (including phenoxy) is 1. The first kappa shape index (κ1) is 13.4. The molecule has 1 aromatic carbocycles. The number of nitriles is 1. The van der Waals surface area contributed by atoms with Gasteiger partial charge in [-0.15, -0.1) is 0 Å². The molecule has 0 amide bonds. The van der Waals surface area contributed by atoms with Crippen molar-refractivity contribution in [3.05, 3.63) is 29.8 Å². The van der Waals surface area contributed by atoms with Crippen LogP contribution >= 0.6 is 0 Å². The van der Waals surface area contributed by atoms with Crippen molar-refractivity contribution in [1.82, 2.24) is 0 Å². The van der Waals surface area contributed by atoms with Gasteiger partial charge in [-0.25, -0.2) is 4.79 Å². The molecule has 100 valence electrons. The molecule has 19 heavy (non-hydrogen) atoms. The molecule has 0 aliphatic carbocycles. The molecule has 0 unspecified atom stereocenters. The molecule has 4 nitrogen and oxygen atoms in total. The van der Waals surface area contributed by atoms with Crippen molar-refractivity contribution in [1.29, 1.82) is 5.26 Å². The average molecular weight is 258 g/mol. The minimum Gasteiger partial charge on any atom is -0.465 e. The molecule has 0 spiro atoms. The van der Waals surface area contributed by atoms with E-state index < -0.39 is 0 Å². The van der Waals surface area contributed by atoms with Crippen LogP contribution in [-0.2, 0) is 4.74 Å². The molecule has 1 saturated heterocycles. The van der Waals surface area contributed by atoms with Crippen molar-refractivity contribution in [2.45, 2.75) is 19.3 Å². The summed E-state index contributed by atoms with van der Waals surface area (Å²) in [6, 6.07) is 9.77. The third-order valence-corrected chi connectivity index (χ3v) is 3.64. The monoisotopic (exact) mass is 258 g/mol. The molecule has 0 radical (unpaired) electrons. The van der Waals surface area contributed by atoms with Gasteiger partial charge in [0.05, 0.1) is 24.4 Å². The van der Waals surface area contributed by atoms with E-state index in [0.717, 1.165) is 31.6 Å². The molecular weight excluding hydrogens is 240 g/mol. The third kappa shape index (κ3) is 3.05. The predicted octanol–water partition coefficient (Wildman–Crippen LogP) is 2.60. The van der Waals surface area contributed by atoms with Crippen molar-refractivity contribution in [2.24, 2.45) is 5.92 Å². The number of esters is 1. The Balaban J connectivity index is 2.11. The fraction of sp³-hybridized carbons (Fsp3) is 0.467. The van der Waals surface area contributed by atoms with Crippen LogP contribution in [0.5, 0.6) is 0 Å². The van der Waals surface area contributed by atoms with Gasteiger partial charge < -0.3 is 9.64 Å². The fourth-order valence-electron chi connectivity index (χ4n) is 2.54. The van der Waals surface area contributed by atoms with Crippen molar-refractivity contribution in [3.8, 4) is 6.07 Å². The zero-order valence-corrected chi connectivity index (χ0v) is 11.1. The molecule has 1 heterocycles. The second kappa shape index (κ2) is 6.24. The van der Waals surface area contributed by atoms with Gasteiger partial charge in [-0.3, -0.25) is 0 Å². The number of carbonyl (C=O) groups excluding carboxylic acids is 1. The molecule has 2 rings (SSSR count). The highest BCUT2D eigenvalue weighted by molar-refractivity contribution is 5.95. The van der Waals surface area contributed by atoms with Gasteiger partial charge in [0.25, 0.3) is 0 Å². The maximum absolute atomic E-state index is 11.8. The van der Waals surface area contributed by atoms with E-state index in [-0.39, 0.29) is 5.97 Å². The SMILES string of the molecule is COC(=O)c1ccccc1N1CCC(CC#N)CC1. The van der Waals surface area contributed by atoms with Crippen LogP contribution in [0.2, 0.25) is 0 Å². The molecule has 1 aliphatic rings. The summed E-state index contributed by atoms with van der Waals surface area (Å²) in [5.74, 6) is 0.196. The highest BCUT2D eigenvalue weighted by Gasteiger charge is 2.22. The molecule has 0 bridgehead atoms. The summed E-state index contributed by atoms with van der Waals surface area (Å²) in [4.78, 5) is 14.0. The van der Waals surface area contributed by atoms with Crippen molar-refractivity contribution < 1.29 is 9.53 Å². The van der Waals surface area contributed by atoms with Crippen LogP contribution in [0.25, 0.3) is 0 Å². The minimum absolute atomic E-state index is 0.297. The van der Waals surface area contributed by atoms with Gasteiger partial charge in [0.2, 0.25) is 0 Å². The first-order valence-electron chi connectivity index (χ1n) is 6.55. The number of hydrogen-bond donors (Lipinski definition) is 0. The topological polar surface area (TPSA) is 53.3 Å².